The molecule has 0 saturated heterocycles. The predicted molar refractivity (Wildman–Crippen MR) is 114 cm³/mol. The van der Waals surface area contributed by atoms with Gasteiger partial charge in [-0.2, -0.15) is 0 Å². The zero-order valence-electron chi connectivity index (χ0n) is 17.4. The van der Waals surface area contributed by atoms with Gasteiger partial charge in [0.15, 0.2) is 0 Å². The molecule has 1 heterocycles. The third-order valence-corrected chi connectivity index (χ3v) is 5.23. The highest BCUT2D eigenvalue weighted by Gasteiger charge is 2.26. The van der Waals surface area contributed by atoms with Crippen LogP contribution in [-0.2, 0) is 16.1 Å². The molecule has 0 aliphatic heterocycles. The molecule has 1 atom stereocenters. The molecule has 30 heavy (non-hydrogen) atoms. The van der Waals surface area contributed by atoms with E-state index in [2.05, 4.69) is 9.88 Å². The number of aliphatic carboxylic acids is 1. The zero-order valence-corrected chi connectivity index (χ0v) is 17.4. The second-order valence-corrected chi connectivity index (χ2v) is 7.80. The van der Waals surface area contributed by atoms with Crippen LogP contribution in [0, 0.1) is 13.8 Å². The second-order valence-electron chi connectivity index (χ2n) is 7.80. The molecule has 0 fully saturated rings. The van der Waals surface area contributed by atoms with Crippen LogP contribution in [0.1, 0.15) is 42.1 Å². The summed E-state index contributed by atoms with van der Waals surface area (Å²) in [5.41, 5.74) is 5.02. The van der Waals surface area contributed by atoms with E-state index in [1.54, 1.807) is 18.2 Å². The van der Waals surface area contributed by atoms with Gasteiger partial charge in [0.1, 0.15) is 5.75 Å². The third-order valence-electron chi connectivity index (χ3n) is 5.23. The van der Waals surface area contributed by atoms with Crippen LogP contribution in [0.2, 0.25) is 0 Å². The third kappa shape index (κ3) is 4.01. The quantitative estimate of drug-likeness (QED) is 0.520. The Morgan fingerprint density at radius 1 is 1.13 bits per heavy atom. The largest absolute Gasteiger partial charge is 0.508 e. The molecule has 158 valence electrons. The number of anilines is 1. The number of amides is 1. The molecule has 3 aromatic rings. The molecule has 1 aromatic heterocycles. The molecule has 0 spiro atoms. The summed E-state index contributed by atoms with van der Waals surface area (Å²) in [4.78, 5) is 22.7. The zero-order chi connectivity index (χ0) is 22.2. The van der Waals surface area contributed by atoms with Crippen molar-refractivity contribution in [3.05, 3.63) is 58.8 Å². The van der Waals surface area contributed by atoms with Crippen molar-refractivity contribution in [2.24, 2.45) is 0 Å². The number of hydrogen-bond acceptors (Lipinski definition) is 3. The lowest BCUT2D eigenvalue weighted by molar-refractivity contribution is -0.146. The van der Waals surface area contributed by atoms with Crippen molar-refractivity contribution in [3.63, 3.8) is 0 Å². The van der Waals surface area contributed by atoms with Gasteiger partial charge in [-0.25, -0.2) is 9.18 Å². The van der Waals surface area contributed by atoms with Crippen LogP contribution in [0.15, 0.2) is 36.4 Å². The fourth-order valence-corrected chi connectivity index (χ4v) is 3.65. The number of phenolic OH excluding ortho intramolecular Hbond substituents is 1. The van der Waals surface area contributed by atoms with Crippen molar-refractivity contribution in [1.82, 2.24) is 4.57 Å². The first-order valence-electron chi connectivity index (χ1n) is 9.69. The molecule has 0 aliphatic carbocycles. The van der Waals surface area contributed by atoms with Gasteiger partial charge < -0.3 is 20.1 Å². The number of aromatic nitrogens is 1. The number of carboxylic acid groups (broad SMARTS) is 1. The average Bonchev–Trinajstić information content (AvgIpc) is 3.01. The van der Waals surface area contributed by atoms with E-state index < -0.39 is 18.0 Å². The smallest absolute Gasteiger partial charge is 0.348 e. The van der Waals surface area contributed by atoms with Gasteiger partial charge in [0, 0.05) is 17.6 Å². The summed E-state index contributed by atoms with van der Waals surface area (Å²) < 4.78 is 15.6. The number of nitrogens with zero attached hydrogens (tertiary/aromatic N) is 1. The average molecular weight is 412 g/mol. The molecule has 1 amide bonds. The normalized spacial score (nSPS) is 12.3. The summed E-state index contributed by atoms with van der Waals surface area (Å²) in [5, 5.41) is 21.9. The summed E-state index contributed by atoms with van der Waals surface area (Å²) in [6.07, 6.45) is -2.63. The van der Waals surface area contributed by atoms with E-state index in [0.29, 0.717) is 17.6 Å². The van der Waals surface area contributed by atoms with Crippen molar-refractivity contribution >= 4 is 28.5 Å². The molecule has 7 heteroatoms. The van der Waals surface area contributed by atoms with E-state index in [4.69, 9.17) is 5.11 Å². The molecule has 0 aliphatic rings. The fraction of sp³-hybridized carbons (Fsp3) is 0.304. The van der Waals surface area contributed by atoms with E-state index >= 15 is 0 Å². The number of rotatable bonds is 6. The summed E-state index contributed by atoms with van der Waals surface area (Å²) in [6.45, 7) is 8.46. The van der Waals surface area contributed by atoms with Crippen LogP contribution in [0.3, 0.4) is 0 Å². The number of aryl methyl sites for hydroxylation is 2. The van der Waals surface area contributed by atoms with Crippen LogP contribution in [-0.4, -0.2) is 32.8 Å². The van der Waals surface area contributed by atoms with E-state index in [-0.39, 0.29) is 11.7 Å². The SMILES string of the molecule is Cc1ccc(NC(=O)C(F)C(=O)O)c2cc(C)n(Cc3ccc(O)c(C(C)C)c3)c12. The van der Waals surface area contributed by atoms with E-state index in [1.165, 1.54) is 0 Å². The highest BCUT2D eigenvalue weighted by molar-refractivity contribution is 6.10. The van der Waals surface area contributed by atoms with Gasteiger partial charge in [-0.15, -0.1) is 0 Å². The number of phenols is 1. The maximum absolute atomic E-state index is 13.6. The van der Waals surface area contributed by atoms with Gasteiger partial charge in [0.05, 0.1) is 11.2 Å². The minimum Gasteiger partial charge on any atom is -0.508 e. The van der Waals surface area contributed by atoms with Crippen LogP contribution in [0.25, 0.3) is 10.9 Å². The molecule has 0 bridgehead atoms. The first-order chi connectivity index (χ1) is 14.1. The van der Waals surface area contributed by atoms with Gasteiger partial charge in [0.2, 0.25) is 0 Å². The molecule has 3 N–H and O–H groups in total. The predicted octanol–water partition coefficient (Wildman–Crippen LogP) is 4.50. The van der Waals surface area contributed by atoms with Crippen LogP contribution < -0.4 is 5.32 Å². The lowest BCUT2D eigenvalue weighted by Crippen LogP contribution is -2.31. The molecule has 2 aromatic carbocycles. The van der Waals surface area contributed by atoms with Crippen molar-refractivity contribution in [2.75, 3.05) is 5.32 Å². The van der Waals surface area contributed by atoms with Gasteiger partial charge >= 0.3 is 5.97 Å². The lowest BCUT2D eigenvalue weighted by Gasteiger charge is -2.15. The van der Waals surface area contributed by atoms with Gasteiger partial charge in [-0.1, -0.05) is 32.0 Å². The van der Waals surface area contributed by atoms with E-state index in [9.17, 15) is 19.1 Å². The van der Waals surface area contributed by atoms with Crippen molar-refractivity contribution in [3.8, 4) is 5.75 Å². The Labute approximate surface area is 174 Å². The highest BCUT2D eigenvalue weighted by atomic mass is 19.1. The number of carbonyl (C=O) groups excluding carboxylic acids is 1. The number of carbonyl (C=O) groups is 2. The van der Waals surface area contributed by atoms with Crippen molar-refractivity contribution in [2.45, 2.75) is 46.3 Å². The van der Waals surface area contributed by atoms with Gasteiger partial charge in [-0.3, -0.25) is 4.79 Å². The Bertz CT molecular complexity index is 1130. The van der Waals surface area contributed by atoms with Crippen molar-refractivity contribution < 1.29 is 24.2 Å². The molecule has 1 unspecified atom stereocenters. The lowest BCUT2D eigenvalue weighted by atomic mass is 9.99. The Morgan fingerprint density at radius 3 is 2.47 bits per heavy atom. The summed E-state index contributed by atoms with van der Waals surface area (Å²) >= 11 is 0. The molecule has 0 saturated carbocycles. The topological polar surface area (TPSA) is 91.6 Å². The van der Waals surface area contributed by atoms with E-state index in [0.717, 1.165) is 27.9 Å². The Hall–Kier alpha value is -3.35. The fourth-order valence-electron chi connectivity index (χ4n) is 3.65. The molecule has 6 nitrogen and oxygen atoms in total. The van der Waals surface area contributed by atoms with Crippen LogP contribution in [0.5, 0.6) is 5.75 Å². The summed E-state index contributed by atoms with van der Waals surface area (Å²) in [7, 11) is 0. The van der Waals surface area contributed by atoms with E-state index in [1.807, 2.05) is 45.9 Å². The van der Waals surface area contributed by atoms with Crippen molar-refractivity contribution in [1.29, 1.82) is 0 Å². The maximum Gasteiger partial charge on any atom is 0.348 e. The van der Waals surface area contributed by atoms with Crippen LogP contribution >= 0.6 is 0 Å². The minimum absolute atomic E-state index is 0.180. The Kier molecular flexibility index (Phi) is 5.82. The molecular formula is C23H25FN2O4. The standard InChI is InChI=1S/C23H25FN2O4/c1-12(2)16-10-15(6-8-19(16)27)11-26-14(4)9-17-18(7-5-13(3)21(17)26)25-22(28)20(24)23(29)30/h5-10,12,20,27H,11H2,1-4H3,(H,25,28)(H,29,30). The Morgan fingerprint density at radius 2 is 1.83 bits per heavy atom. The summed E-state index contributed by atoms with van der Waals surface area (Å²) in [5.74, 6) is -2.59. The molecular weight excluding hydrogens is 387 g/mol. The molecule has 0 radical (unpaired) electrons. The second kappa shape index (κ2) is 8.18. The van der Waals surface area contributed by atoms with Crippen LogP contribution in [0.4, 0.5) is 10.1 Å². The number of fused-ring (bicyclic) bond motifs is 1. The Balaban J connectivity index is 2.03. The van der Waals surface area contributed by atoms with Gasteiger partial charge in [0.25, 0.3) is 12.1 Å². The number of benzene rings is 2. The minimum atomic E-state index is -2.63. The van der Waals surface area contributed by atoms with Gasteiger partial charge in [-0.05, 0) is 54.7 Å². The first kappa shape index (κ1) is 21.4. The number of aromatic hydroxyl groups is 1. The first-order valence-corrected chi connectivity index (χ1v) is 9.69. The molecule has 3 rings (SSSR count). The number of alkyl halides is 1. The summed E-state index contributed by atoms with van der Waals surface area (Å²) in [6, 6.07) is 10.9. The maximum atomic E-state index is 13.6. The highest BCUT2D eigenvalue weighted by Crippen LogP contribution is 2.32. The number of carboxylic acids is 1. The monoisotopic (exact) mass is 412 g/mol. The number of hydrogen-bond donors (Lipinski definition) is 3. The number of nitrogens with one attached hydrogen (secondary N) is 1. The number of halogens is 1.